The van der Waals surface area contributed by atoms with Crippen LogP contribution < -0.4 is 19.3 Å². The molecule has 6 nitrogen and oxygen atoms in total. The van der Waals surface area contributed by atoms with E-state index in [4.69, 9.17) is 9.47 Å². The number of aromatic nitrogens is 2. The first-order valence-electron chi connectivity index (χ1n) is 9.26. The first-order chi connectivity index (χ1) is 13.3. The topological polar surface area (TPSA) is 50.7 Å². The molecule has 1 aliphatic heterocycles. The van der Waals surface area contributed by atoms with Crippen LogP contribution in [-0.2, 0) is 0 Å². The number of hydrogen-bond donors (Lipinski definition) is 0. The Hall–Kier alpha value is -3.02. The summed E-state index contributed by atoms with van der Waals surface area (Å²) < 4.78 is 11.1. The molecule has 27 heavy (non-hydrogen) atoms. The smallest absolute Gasteiger partial charge is 0.146 e. The maximum absolute atomic E-state index is 5.55. The monoisotopic (exact) mass is 366 g/mol. The molecule has 2 aromatic rings. The van der Waals surface area contributed by atoms with Gasteiger partial charge < -0.3 is 19.3 Å². The predicted molar refractivity (Wildman–Crippen MR) is 108 cm³/mol. The second kappa shape index (κ2) is 9.62. The summed E-state index contributed by atoms with van der Waals surface area (Å²) in [5, 5.41) is 0. The fraction of sp³-hybridized carbons (Fsp3) is 0.333. The molecule has 1 saturated heterocycles. The van der Waals surface area contributed by atoms with Gasteiger partial charge in [-0.15, -0.1) is 0 Å². The molecule has 0 spiro atoms. The molecular weight excluding hydrogens is 340 g/mol. The van der Waals surface area contributed by atoms with Crippen molar-refractivity contribution in [3.63, 3.8) is 0 Å². The summed E-state index contributed by atoms with van der Waals surface area (Å²) in [4.78, 5) is 13.3. The van der Waals surface area contributed by atoms with Crippen molar-refractivity contribution in [2.24, 2.45) is 0 Å². The standard InChI is InChI=1S/C21H26N4O2/c1-3-10-26-20-12-18(14-22-16-20)24-6-5-7-25(9-8-24)19-13-21(17-23-15-19)27-11-4-2/h3-4,10-17H,5-9H2,1-2H3. The van der Waals surface area contributed by atoms with Crippen LogP contribution in [0.25, 0.3) is 0 Å². The largest absolute Gasteiger partial charge is 0.464 e. The summed E-state index contributed by atoms with van der Waals surface area (Å²) in [6.45, 7) is 7.63. The SMILES string of the molecule is CC=COc1cncc(N2CCCN(c3cncc(OC=CC)c3)CC2)c1. The van der Waals surface area contributed by atoms with Gasteiger partial charge in [-0.25, -0.2) is 0 Å². The van der Waals surface area contributed by atoms with Gasteiger partial charge >= 0.3 is 0 Å². The van der Waals surface area contributed by atoms with Gasteiger partial charge in [0.15, 0.2) is 0 Å². The number of ether oxygens (including phenoxy) is 2. The van der Waals surface area contributed by atoms with Crippen LogP contribution in [0.15, 0.2) is 61.6 Å². The summed E-state index contributed by atoms with van der Waals surface area (Å²) in [5.41, 5.74) is 2.17. The molecule has 0 bridgehead atoms. The van der Waals surface area contributed by atoms with E-state index in [-0.39, 0.29) is 0 Å². The van der Waals surface area contributed by atoms with Gasteiger partial charge in [-0.05, 0) is 20.3 Å². The highest BCUT2D eigenvalue weighted by Crippen LogP contribution is 2.24. The molecule has 0 aliphatic carbocycles. The van der Waals surface area contributed by atoms with Gasteiger partial charge in [0.05, 0.1) is 48.7 Å². The molecule has 1 aliphatic rings. The molecule has 0 N–H and O–H groups in total. The van der Waals surface area contributed by atoms with Gasteiger partial charge in [0.25, 0.3) is 0 Å². The van der Waals surface area contributed by atoms with Crippen molar-refractivity contribution in [2.45, 2.75) is 20.3 Å². The van der Waals surface area contributed by atoms with Crippen LogP contribution in [0.3, 0.4) is 0 Å². The summed E-state index contributed by atoms with van der Waals surface area (Å²) in [6, 6.07) is 4.07. The summed E-state index contributed by atoms with van der Waals surface area (Å²) >= 11 is 0. The lowest BCUT2D eigenvalue weighted by molar-refractivity contribution is 0.477. The van der Waals surface area contributed by atoms with Crippen molar-refractivity contribution in [1.82, 2.24) is 9.97 Å². The van der Waals surface area contributed by atoms with Gasteiger partial charge in [0.2, 0.25) is 0 Å². The quantitative estimate of drug-likeness (QED) is 0.720. The fourth-order valence-corrected chi connectivity index (χ4v) is 3.02. The molecule has 0 radical (unpaired) electrons. The molecule has 3 heterocycles. The minimum Gasteiger partial charge on any atom is -0.464 e. The Morgan fingerprint density at radius 2 is 1.22 bits per heavy atom. The highest BCUT2D eigenvalue weighted by molar-refractivity contribution is 5.51. The van der Waals surface area contributed by atoms with Crippen molar-refractivity contribution >= 4 is 11.4 Å². The van der Waals surface area contributed by atoms with E-state index >= 15 is 0 Å². The second-order valence-electron chi connectivity index (χ2n) is 6.26. The normalized spacial score (nSPS) is 15.3. The number of pyridine rings is 2. The molecular formula is C21H26N4O2. The number of allylic oxidation sites excluding steroid dienone is 2. The molecule has 2 aromatic heterocycles. The minimum atomic E-state index is 0.754. The molecule has 0 aromatic carbocycles. The Balaban J connectivity index is 1.67. The maximum atomic E-state index is 5.55. The molecule has 0 amide bonds. The highest BCUT2D eigenvalue weighted by atomic mass is 16.5. The molecule has 142 valence electrons. The third kappa shape index (κ3) is 5.23. The van der Waals surface area contributed by atoms with E-state index in [1.54, 1.807) is 24.9 Å². The Morgan fingerprint density at radius 1 is 0.741 bits per heavy atom. The van der Waals surface area contributed by atoms with Crippen molar-refractivity contribution in [3.05, 3.63) is 61.6 Å². The zero-order chi connectivity index (χ0) is 18.9. The summed E-state index contributed by atoms with van der Waals surface area (Å²) in [6.07, 6.45) is 15.4. The van der Waals surface area contributed by atoms with E-state index in [1.165, 1.54) is 0 Å². The van der Waals surface area contributed by atoms with Crippen LogP contribution >= 0.6 is 0 Å². The number of rotatable bonds is 6. The molecule has 6 heteroatoms. The van der Waals surface area contributed by atoms with E-state index in [0.29, 0.717) is 0 Å². The average Bonchev–Trinajstić information content (AvgIpc) is 2.97. The molecule has 3 rings (SSSR count). The van der Waals surface area contributed by atoms with Gasteiger partial charge in [-0.2, -0.15) is 0 Å². The minimum absolute atomic E-state index is 0.754. The van der Waals surface area contributed by atoms with Gasteiger partial charge in [0, 0.05) is 38.3 Å². The van der Waals surface area contributed by atoms with Crippen LogP contribution in [0.1, 0.15) is 20.3 Å². The lowest BCUT2D eigenvalue weighted by atomic mass is 10.3. The molecule has 0 saturated carbocycles. The lowest BCUT2D eigenvalue weighted by Crippen LogP contribution is -2.30. The van der Waals surface area contributed by atoms with Crippen LogP contribution in [0.4, 0.5) is 11.4 Å². The lowest BCUT2D eigenvalue weighted by Gasteiger charge is -2.24. The first-order valence-corrected chi connectivity index (χ1v) is 9.26. The second-order valence-corrected chi connectivity index (χ2v) is 6.26. The van der Waals surface area contributed by atoms with Crippen molar-refractivity contribution in [3.8, 4) is 11.5 Å². The summed E-state index contributed by atoms with van der Waals surface area (Å²) in [7, 11) is 0. The molecule has 1 fully saturated rings. The average molecular weight is 366 g/mol. The van der Waals surface area contributed by atoms with Gasteiger partial charge in [-0.3, -0.25) is 9.97 Å². The van der Waals surface area contributed by atoms with E-state index < -0.39 is 0 Å². The van der Waals surface area contributed by atoms with Crippen LogP contribution in [0.2, 0.25) is 0 Å². The molecule has 0 atom stereocenters. The zero-order valence-corrected chi connectivity index (χ0v) is 15.9. The fourth-order valence-electron chi connectivity index (χ4n) is 3.02. The van der Waals surface area contributed by atoms with Crippen LogP contribution in [0, 0.1) is 0 Å². The summed E-state index contributed by atoms with van der Waals surface area (Å²) in [5.74, 6) is 1.51. The third-order valence-electron chi connectivity index (χ3n) is 4.30. The number of anilines is 2. The first kappa shape index (κ1) is 18.8. The van der Waals surface area contributed by atoms with E-state index in [9.17, 15) is 0 Å². The molecule has 0 unspecified atom stereocenters. The van der Waals surface area contributed by atoms with Crippen molar-refractivity contribution in [1.29, 1.82) is 0 Å². The van der Waals surface area contributed by atoms with E-state index in [0.717, 1.165) is 55.5 Å². The Labute approximate surface area is 160 Å². The Bertz CT molecular complexity index is 726. The van der Waals surface area contributed by atoms with Crippen molar-refractivity contribution < 1.29 is 9.47 Å². The van der Waals surface area contributed by atoms with Gasteiger partial charge in [0.1, 0.15) is 11.5 Å². The van der Waals surface area contributed by atoms with Crippen molar-refractivity contribution in [2.75, 3.05) is 36.0 Å². The maximum Gasteiger partial charge on any atom is 0.146 e. The third-order valence-corrected chi connectivity index (χ3v) is 4.30. The number of nitrogens with zero attached hydrogens (tertiary/aromatic N) is 4. The van der Waals surface area contributed by atoms with Crippen LogP contribution in [-0.4, -0.2) is 36.1 Å². The van der Waals surface area contributed by atoms with E-state index in [1.807, 2.05) is 50.5 Å². The predicted octanol–water partition coefficient (Wildman–Crippen LogP) is 4.02. The Morgan fingerprint density at radius 3 is 1.67 bits per heavy atom. The van der Waals surface area contributed by atoms with E-state index in [2.05, 4.69) is 19.8 Å². The van der Waals surface area contributed by atoms with Gasteiger partial charge in [-0.1, -0.05) is 12.2 Å². The highest BCUT2D eigenvalue weighted by Gasteiger charge is 2.17. The zero-order valence-electron chi connectivity index (χ0n) is 15.9. The van der Waals surface area contributed by atoms with Crippen LogP contribution in [0.5, 0.6) is 11.5 Å². The number of hydrogen-bond acceptors (Lipinski definition) is 6. The Kier molecular flexibility index (Phi) is 6.68.